The highest BCUT2D eigenvalue weighted by Crippen LogP contribution is 2.25. The van der Waals surface area contributed by atoms with Gasteiger partial charge in [0, 0.05) is 19.7 Å². The smallest absolute Gasteiger partial charge is 0.161 e. The topological polar surface area (TPSA) is 60.0 Å². The van der Waals surface area contributed by atoms with Crippen molar-refractivity contribution in [3.05, 3.63) is 24.3 Å². The summed E-state index contributed by atoms with van der Waals surface area (Å²) in [5.41, 5.74) is 0. The van der Waals surface area contributed by atoms with Crippen molar-refractivity contribution in [3.63, 3.8) is 0 Å². The second kappa shape index (κ2) is 13.2. The minimum Gasteiger partial charge on any atom is -0.493 e. The molecule has 1 rings (SSSR count). The number of hydrogen-bond donors (Lipinski definition) is 2. The van der Waals surface area contributed by atoms with Gasteiger partial charge in [0.15, 0.2) is 11.5 Å². The Kier molecular flexibility index (Phi) is 11.3. The summed E-state index contributed by atoms with van der Waals surface area (Å²) in [5, 5.41) is 13.0. The molecule has 1 atom stereocenters. The van der Waals surface area contributed by atoms with E-state index in [-0.39, 0.29) is 0 Å². The van der Waals surface area contributed by atoms with Crippen LogP contribution in [0.3, 0.4) is 0 Å². The van der Waals surface area contributed by atoms with Gasteiger partial charge in [0.1, 0.15) is 6.61 Å². The number of methoxy groups -OCH3 is 1. The lowest BCUT2D eigenvalue weighted by Gasteiger charge is -2.13. The van der Waals surface area contributed by atoms with Crippen LogP contribution in [0.5, 0.6) is 11.5 Å². The van der Waals surface area contributed by atoms with Gasteiger partial charge >= 0.3 is 0 Å². The molecule has 5 nitrogen and oxygen atoms in total. The van der Waals surface area contributed by atoms with Crippen molar-refractivity contribution < 1.29 is 19.3 Å². The zero-order chi connectivity index (χ0) is 16.8. The third kappa shape index (κ3) is 9.43. The zero-order valence-corrected chi connectivity index (χ0v) is 14.4. The van der Waals surface area contributed by atoms with Crippen LogP contribution < -0.4 is 14.8 Å². The summed E-state index contributed by atoms with van der Waals surface area (Å²) >= 11 is 0. The van der Waals surface area contributed by atoms with Gasteiger partial charge in [-0.05, 0) is 18.6 Å². The van der Waals surface area contributed by atoms with Crippen LogP contribution in [-0.2, 0) is 4.74 Å². The van der Waals surface area contributed by atoms with Crippen LogP contribution in [0.4, 0.5) is 0 Å². The second-order valence-corrected chi connectivity index (χ2v) is 5.49. The van der Waals surface area contributed by atoms with Crippen LogP contribution >= 0.6 is 0 Å². The van der Waals surface area contributed by atoms with Gasteiger partial charge in [-0.1, -0.05) is 38.3 Å². The van der Waals surface area contributed by atoms with E-state index in [2.05, 4.69) is 12.2 Å². The summed E-state index contributed by atoms with van der Waals surface area (Å²) in [6, 6.07) is 7.56. The Morgan fingerprint density at radius 3 is 2.61 bits per heavy atom. The molecule has 0 bridgehead atoms. The Balaban J connectivity index is 1.99. The predicted octanol–water partition coefficient (Wildman–Crippen LogP) is 2.62. The van der Waals surface area contributed by atoms with Gasteiger partial charge in [0.05, 0.1) is 19.8 Å². The lowest BCUT2D eigenvalue weighted by molar-refractivity contribution is 0.0352. The molecule has 2 N–H and O–H groups in total. The fraction of sp³-hybridized carbons (Fsp3) is 0.667. The number of ether oxygens (including phenoxy) is 3. The van der Waals surface area contributed by atoms with Crippen molar-refractivity contribution in [2.45, 2.75) is 38.7 Å². The van der Waals surface area contributed by atoms with Crippen molar-refractivity contribution in [2.24, 2.45) is 0 Å². The molecule has 0 radical (unpaired) electrons. The summed E-state index contributed by atoms with van der Waals surface area (Å²) in [4.78, 5) is 0. The van der Waals surface area contributed by atoms with Crippen molar-refractivity contribution in [3.8, 4) is 11.5 Å². The molecule has 0 aliphatic rings. The highest BCUT2D eigenvalue weighted by molar-refractivity contribution is 5.39. The first-order chi connectivity index (χ1) is 11.3. The Bertz CT molecular complexity index is 400. The first kappa shape index (κ1) is 19.7. The van der Waals surface area contributed by atoms with E-state index < -0.39 is 6.10 Å². The molecule has 0 spiro atoms. The number of aliphatic hydroxyl groups excluding tert-OH is 1. The van der Waals surface area contributed by atoms with E-state index in [1.54, 1.807) is 7.11 Å². The van der Waals surface area contributed by atoms with Gasteiger partial charge in [-0.2, -0.15) is 0 Å². The first-order valence-electron chi connectivity index (χ1n) is 8.50. The highest BCUT2D eigenvalue weighted by Gasteiger charge is 2.05. The number of rotatable bonds is 14. The molecule has 0 aliphatic heterocycles. The number of aliphatic hydroxyl groups is 1. The van der Waals surface area contributed by atoms with E-state index in [0.29, 0.717) is 26.3 Å². The summed E-state index contributed by atoms with van der Waals surface area (Å²) in [7, 11) is 1.62. The monoisotopic (exact) mass is 325 g/mol. The van der Waals surface area contributed by atoms with Gasteiger partial charge < -0.3 is 24.6 Å². The number of benzene rings is 1. The van der Waals surface area contributed by atoms with E-state index in [1.807, 2.05) is 24.3 Å². The number of nitrogens with one attached hydrogen (secondary N) is 1. The number of unbranched alkanes of at least 4 members (excludes halogenated alkanes) is 3. The fourth-order valence-corrected chi connectivity index (χ4v) is 2.15. The quantitative estimate of drug-likeness (QED) is 0.515. The van der Waals surface area contributed by atoms with Gasteiger partial charge in [0.25, 0.3) is 0 Å². The third-order valence-electron chi connectivity index (χ3n) is 3.44. The molecule has 1 aromatic carbocycles. The molecule has 1 aromatic rings. The summed E-state index contributed by atoms with van der Waals surface area (Å²) in [6.07, 6.45) is 4.27. The zero-order valence-electron chi connectivity index (χ0n) is 14.4. The van der Waals surface area contributed by atoms with Crippen molar-refractivity contribution >= 4 is 0 Å². The third-order valence-corrected chi connectivity index (χ3v) is 3.44. The SMILES string of the molecule is CCCCCCOC[C@H](O)CNCCOc1ccccc1OC. The maximum Gasteiger partial charge on any atom is 0.161 e. The molecule has 0 unspecified atom stereocenters. The average Bonchev–Trinajstić information content (AvgIpc) is 2.58. The van der Waals surface area contributed by atoms with Gasteiger partial charge in [0.2, 0.25) is 0 Å². The molecular weight excluding hydrogens is 294 g/mol. The first-order valence-corrected chi connectivity index (χ1v) is 8.50. The summed E-state index contributed by atoms with van der Waals surface area (Å²) in [6.45, 7) is 4.98. The predicted molar refractivity (Wildman–Crippen MR) is 92.3 cm³/mol. The van der Waals surface area contributed by atoms with Crippen molar-refractivity contribution in [1.29, 1.82) is 0 Å². The van der Waals surface area contributed by atoms with E-state index >= 15 is 0 Å². The van der Waals surface area contributed by atoms with Crippen LogP contribution in [-0.4, -0.2) is 51.2 Å². The fourth-order valence-electron chi connectivity index (χ4n) is 2.15. The molecule has 0 saturated heterocycles. The van der Waals surface area contributed by atoms with E-state index in [1.165, 1.54) is 19.3 Å². The summed E-state index contributed by atoms with van der Waals surface area (Å²) < 4.78 is 16.3. The van der Waals surface area contributed by atoms with E-state index in [0.717, 1.165) is 24.5 Å². The largest absolute Gasteiger partial charge is 0.493 e. The maximum atomic E-state index is 9.80. The van der Waals surface area contributed by atoms with Crippen LogP contribution in [0, 0.1) is 0 Å². The maximum absolute atomic E-state index is 9.80. The lowest BCUT2D eigenvalue weighted by atomic mass is 10.2. The average molecular weight is 325 g/mol. The van der Waals surface area contributed by atoms with Gasteiger partial charge in [-0.3, -0.25) is 0 Å². The van der Waals surface area contributed by atoms with Crippen molar-refractivity contribution in [1.82, 2.24) is 5.32 Å². The molecule has 132 valence electrons. The lowest BCUT2D eigenvalue weighted by Crippen LogP contribution is -2.33. The molecule has 0 aliphatic carbocycles. The van der Waals surface area contributed by atoms with Crippen LogP contribution in [0.2, 0.25) is 0 Å². The molecule has 0 saturated carbocycles. The van der Waals surface area contributed by atoms with Crippen LogP contribution in [0.25, 0.3) is 0 Å². The molecule has 0 amide bonds. The minimum atomic E-state index is -0.479. The molecule has 5 heteroatoms. The molecular formula is C18H31NO4. The van der Waals surface area contributed by atoms with Gasteiger partial charge in [-0.15, -0.1) is 0 Å². The molecule has 0 fully saturated rings. The van der Waals surface area contributed by atoms with Crippen LogP contribution in [0.15, 0.2) is 24.3 Å². The standard InChI is InChI=1S/C18H31NO4/c1-3-4-5-8-12-22-15-16(20)14-19-11-13-23-18-10-7-6-9-17(18)21-2/h6-7,9-10,16,19-20H,3-5,8,11-15H2,1-2H3/t16-/m1/s1. The van der Waals surface area contributed by atoms with Gasteiger partial charge in [-0.25, -0.2) is 0 Å². The molecule has 23 heavy (non-hydrogen) atoms. The number of para-hydroxylation sites is 2. The Hall–Kier alpha value is -1.30. The molecule has 0 aromatic heterocycles. The molecule has 0 heterocycles. The van der Waals surface area contributed by atoms with E-state index in [4.69, 9.17) is 14.2 Å². The van der Waals surface area contributed by atoms with E-state index in [9.17, 15) is 5.11 Å². The Morgan fingerprint density at radius 2 is 1.87 bits per heavy atom. The normalized spacial score (nSPS) is 12.1. The Labute approximate surface area is 139 Å². The number of hydrogen-bond acceptors (Lipinski definition) is 5. The highest BCUT2D eigenvalue weighted by atomic mass is 16.5. The minimum absolute atomic E-state index is 0.381. The van der Waals surface area contributed by atoms with Crippen molar-refractivity contribution in [2.75, 3.05) is 40.0 Å². The Morgan fingerprint density at radius 1 is 1.09 bits per heavy atom. The summed E-state index contributed by atoms with van der Waals surface area (Å²) in [5.74, 6) is 1.46. The van der Waals surface area contributed by atoms with Crippen LogP contribution in [0.1, 0.15) is 32.6 Å². The second-order valence-electron chi connectivity index (χ2n) is 5.49.